The zero-order chi connectivity index (χ0) is 11.8. The number of nitrogens with one attached hydrogen (secondary N) is 1. The molecule has 0 amide bonds. The van der Waals surface area contributed by atoms with Gasteiger partial charge in [-0.3, -0.25) is 4.90 Å². The van der Waals surface area contributed by atoms with Crippen LogP contribution < -0.4 is 11.1 Å². The van der Waals surface area contributed by atoms with Crippen molar-refractivity contribution in [2.45, 2.75) is 31.3 Å². The first-order chi connectivity index (χ1) is 8.24. The maximum Gasteiger partial charge on any atom is 0.0488 e. The molecule has 2 unspecified atom stereocenters. The molecule has 92 valence electrons. The molecular weight excluding hydrogens is 278 g/mol. The Hall–Kier alpha value is -0.740. The maximum absolute atomic E-state index is 5.76. The van der Waals surface area contributed by atoms with Gasteiger partial charge in [0.15, 0.2) is 0 Å². The Kier molecular flexibility index (Phi) is 3.01. The minimum absolute atomic E-state index is 0.595. The van der Waals surface area contributed by atoms with E-state index in [2.05, 4.69) is 32.2 Å². The van der Waals surface area contributed by atoms with E-state index in [4.69, 9.17) is 5.73 Å². The van der Waals surface area contributed by atoms with E-state index in [9.17, 15) is 0 Å². The zero-order valence-corrected chi connectivity index (χ0v) is 11.4. The summed E-state index contributed by atoms with van der Waals surface area (Å²) in [6, 6.07) is 7.31. The number of anilines is 2. The highest BCUT2D eigenvalue weighted by atomic mass is 79.9. The van der Waals surface area contributed by atoms with Crippen molar-refractivity contribution < 1.29 is 0 Å². The Morgan fingerprint density at radius 2 is 2.18 bits per heavy atom. The van der Waals surface area contributed by atoms with Crippen LogP contribution in [0.15, 0.2) is 22.7 Å². The van der Waals surface area contributed by atoms with Crippen LogP contribution in [-0.4, -0.2) is 30.1 Å². The lowest BCUT2D eigenvalue weighted by Gasteiger charge is -2.23. The largest absolute Gasteiger partial charge is 0.399 e. The molecule has 4 heteroatoms. The molecule has 17 heavy (non-hydrogen) atoms. The first kappa shape index (κ1) is 11.4. The monoisotopic (exact) mass is 295 g/mol. The Balaban J connectivity index is 1.74. The van der Waals surface area contributed by atoms with Crippen molar-refractivity contribution >= 4 is 27.3 Å². The number of nitrogens with zero attached hydrogens (tertiary/aromatic N) is 1. The zero-order valence-electron chi connectivity index (χ0n) is 9.82. The molecule has 0 spiro atoms. The molecule has 2 atom stereocenters. The molecule has 0 radical (unpaired) electrons. The van der Waals surface area contributed by atoms with E-state index in [1.807, 2.05) is 12.1 Å². The maximum atomic E-state index is 5.76. The Labute approximate surface area is 110 Å². The highest BCUT2D eigenvalue weighted by molar-refractivity contribution is 9.10. The van der Waals surface area contributed by atoms with Crippen molar-refractivity contribution in [3.8, 4) is 0 Å². The van der Waals surface area contributed by atoms with Crippen LogP contribution in [0.5, 0.6) is 0 Å². The van der Waals surface area contributed by atoms with Crippen LogP contribution in [0.3, 0.4) is 0 Å². The average molecular weight is 296 g/mol. The highest BCUT2D eigenvalue weighted by Crippen LogP contribution is 2.32. The quantitative estimate of drug-likeness (QED) is 0.825. The third-order valence-corrected chi connectivity index (χ3v) is 4.60. The Morgan fingerprint density at radius 1 is 1.29 bits per heavy atom. The predicted octanol–water partition coefficient (Wildman–Crippen LogP) is 2.68. The molecule has 2 aliphatic heterocycles. The summed E-state index contributed by atoms with van der Waals surface area (Å²) in [7, 11) is 0. The number of fused-ring (bicyclic) bond motifs is 1. The van der Waals surface area contributed by atoms with E-state index in [1.54, 1.807) is 0 Å². The Bertz CT molecular complexity index is 421. The lowest BCUT2D eigenvalue weighted by molar-refractivity contribution is 0.318. The number of nitrogen functional groups attached to an aromatic ring is 1. The van der Waals surface area contributed by atoms with Gasteiger partial charge in [-0.1, -0.05) is 0 Å². The van der Waals surface area contributed by atoms with E-state index in [0.29, 0.717) is 6.04 Å². The summed E-state index contributed by atoms with van der Waals surface area (Å²) in [5, 5.41) is 3.66. The molecule has 3 nitrogen and oxygen atoms in total. The molecule has 1 aromatic carbocycles. The number of hydrogen-bond donors (Lipinski definition) is 2. The van der Waals surface area contributed by atoms with Gasteiger partial charge in [-0.05, 0) is 59.9 Å². The number of hydrogen-bond acceptors (Lipinski definition) is 3. The van der Waals surface area contributed by atoms with Crippen LogP contribution in [0.2, 0.25) is 0 Å². The summed E-state index contributed by atoms with van der Waals surface area (Å²) in [6.45, 7) is 2.53. The van der Waals surface area contributed by atoms with Crippen LogP contribution in [-0.2, 0) is 0 Å². The summed E-state index contributed by atoms with van der Waals surface area (Å²) >= 11 is 3.57. The topological polar surface area (TPSA) is 41.3 Å². The van der Waals surface area contributed by atoms with Crippen molar-refractivity contribution in [2.24, 2.45) is 0 Å². The summed E-state index contributed by atoms with van der Waals surface area (Å²) in [5.74, 6) is 0. The van der Waals surface area contributed by atoms with E-state index in [1.165, 1.54) is 32.4 Å². The fraction of sp³-hybridized carbons (Fsp3) is 0.538. The third-order valence-electron chi connectivity index (χ3n) is 3.94. The van der Waals surface area contributed by atoms with Crippen LogP contribution in [0.1, 0.15) is 19.3 Å². The van der Waals surface area contributed by atoms with Gasteiger partial charge in [0.1, 0.15) is 0 Å². The first-order valence-electron chi connectivity index (χ1n) is 6.29. The van der Waals surface area contributed by atoms with Gasteiger partial charge in [0.05, 0.1) is 0 Å². The van der Waals surface area contributed by atoms with Gasteiger partial charge in [-0.2, -0.15) is 0 Å². The lowest BCUT2D eigenvalue weighted by Crippen LogP contribution is -2.33. The molecule has 3 rings (SSSR count). The van der Waals surface area contributed by atoms with E-state index in [0.717, 1.165) is 21.9 Å². The standard InChI is InChI=1S/C13H18BrN3/c14-10-8-9(15)3-4-11(10)16-12-5-7-17-6-1-2-13(12)17/h3-4,8,12-13,16H,1-2,5-7,15H2. The van der Waals surface area contributed by atoms with E-state index in [-0.39, 0.29) is 0 Å². The smallest absolute Gasteiger partial charge is 0.0488 e. The SMILES string of the molecule is Nc1ccc(NC2CCN3CCCC23)c(Br)c1. The third kappa shape index (κ3) is 2.16. The molecular formula is C13H18BrN3. The number of rotatable bonds is 2. The van der Waals surface area contributed by atoms with E-state index >= 15 is 0 Å². The van der Waals surface area contributed by atoms with Gasteiger partial charge in [0, 0.05) is 34.5 Å². The second kappa shape index (κ2) is 4.50. The van der Waals surface area contributed by atoms with Gasteiger partial charge in [0.25, 0.3) is 0 Å². The van der Waals surface area contributed by atoms with Crippen molar-refractivity contribution in [3.05, 3.63) is 22.7 Å². The molecule has 2 aliphatic rings. The van der Waals surface area contributed by atoms with Crippen LogP contribution >= 0.6 is 15.9 Å². The molecule has 0 bridgehead atoms. The van der Waals surface area contributed by atoms with Crippen molar-refractivity contribution in [1.82, 2.24) is 4.90 Å². The normalized spacial score (nSPS) is 28.3. The number of benzene rings is 1. The Morgan fingerprint density at radius 3 is 3.00 bits per heavy atom. The molecule has 0 aliphatic carbocycles. The number of nitrogens with two attached hydrogens (primary N) is 1. The fourth-order valence-electron chi connectivity index (χ4n) is 3.10. The molecule has 2 fully saturated rings. The molecule has 0 aromatic heterocycles. The predicted molar refractivity (Wildman–Crippen MR) is 75.2 cm³/mol. The minimum atomic E-state index is 0.595. The second-order valence-electron chi connectivity index (χ2n) is 5.02. The molecule has 0 saturated carbocycles. The summed E-state index contributed by atoms with van der Waals surface area (Å²) in [5.41, 5.74) is 7.72. The summed E-state index contributed by atoms with van der Waals surface area (Å²) in [4.78, 5) is 2.61. The molecule has 1 aromatic rings. The van der Waals surface area contributed by atoms with Gasteiger partial charge < -0.3 is 11.1 Å². The van der Waals surface area contributed by atoms with Gasteiger partial charge >= 0.3 is 0 Å². The van der Waals surface area contributed by atoms with Crippen molar-refractivity contribution in [3.63, 3.8) is 0 Å². The summed E-state index contributed by atoms with van der Waals surface area (Å²) < 4.78 is 1.06. The molecule has 2 heterocycles. The van der Waals surface area contributed by atoms with Gasteiger partial charge in [0.2, 0.25) is 0 Å². The van der Waals surface area contributed by atoms with Crippen LogP contribution in [0.4, 0.5) is 11.4 Å². The average Bonchev–Trinajstić information content (AvgIpc) is 2.86. The van der Waals surface area contributed by atoms with Crippen molar-refractivity contribution in [2.75, 3.05) is 24.1 Å². The van der Waals surface area contributed by atoms with Crippen LogP contribution in [0, 0.1) is 0 Å². The molecule has 2 saturated heterocycles. The van der Waals surface area contributed by atoms with Crippen LogP contribution in [0.25, 0.3) is 0 Å². The first-order valence-corrected chi connectivity index (χ1v) is 7.09. The highest BCUT2D eigenvalue weighted by Gasteiger charge is 2.37. The van der Waals surface area contributed by atoms with Crippen molar-refractivity contribution in [1.29, 1.82) is 0 Å². The minimum Gasteiger partial charge on any atom is -0.399 e. The van der Waals surface area contributed by atoms with Gasteiger partial charge in [-0.15, -0.1) is 0 Å². The fourth-order valence-corrected chi connectivity index (χ4v) is 3.61. The summed E-state index contributed by atoms with van der Waals surface area (Å²) in [6.07, 6.45) is 3.94. The van der Waals surface area contributed by atoms with E-state index < -0.39 is 0 Å². The second-order valence-corrected chi connectivity index (χ2v) is 5.88. The lowest BCUT2D eigenvalue weighted by atomic mass is 10.1. The molecule has 3 N–H and O–H groups in total. The number of halogens is 1. The van der Waals surface area contributed by atoms with Gasteiger partial charge in [-0.25, -0.2) is 0 Å².